The second-order valence-electron chi connectivity index (χ2n) is 9.63. The number of hydrogen-bond acceptors (Lipinski definition) is 6. The Balaban J connectivity index is 1.60. The van der Waals surface area contributed by atoms with Crippen LogP contribution in [0, 0.1) is 0 Å². The van der Waals surface area contributed by atoms with Crippen molar-refractivity contribution in [2.75, 3.05) is 26.1 Å². The average molecular weight is 498 g/mol. The third kappa shape index (κ3) is 4.89. The van der Waals surface area contributed by atoms with Crippen molar-refractivity contribution in [2.24, 2.45) is 0 Å². The molecular weight excluding hydrogens is 462 g/mol. The Labute approximate surface area is 211 Å². The number of nitrogens with one attached hydrogen (secondary N) is 2. The van der Waals surface area contributed by atoms with Crippen molar-refractivity contribution in [1.29, 1.82) is 0 Å². The highest BCUT2D eigenvalue weighted by Gasteiger charge is 2.48. The topological polar surface area (TPSA) is 115 Å². The lowest BCUT2D eigenvalue weighted by Gasteiger charge is -2.43. The molecule has 1 unspecified atom stereocenters. The number of anilines is 1. The summed E-state index contributed by atoms with van der Waals surface area (Å²) in [5.74, 6) is 0.0756. The molecule has 1 fully saturated rings. The van der Waals surface area contributed by atoms with Gasteiger partial charge in [0.05, 0.1) is 26.5 Å². The maximum atomic E-state index is 13.6. The predicted octanol–water partition coefficient (Wildman–Crippen LogP) is 3.23. The van der Waals surface area contributed by atoms with E-state index in [1.165, 1.54) is 17.9 Å². The summed E-state index contributed by atoms with van der Waals surface area (Å²) < 4.78 is 12.0. The van der Waals surface area contributed by atoms with E-state index in [4.69, 9.17) is 9.47 Å². The number of unbranched alkanes of at least 4 members (excludes halogenated alkanes) is 1. The third-order valence-electron chi connectivity index (χ3n) is 7.10. The Bertz CT molecular complexity index is 1140. The van der Waals surface area contributed by atoms with E-state index >= 15 is 0 Å². The minimum Gasteiger partial charge on any atom is -0.497 e. The number of rotatable bonds is 9. The van der Waals surface area contributed by atoms with Crippen LogP contribution in [0.25, 0.3) is 0 Å². The van der Waals surface area contributed by atoms with Crippen LogP contribution in [0.2, 0.25) is 0 Å². The zero-order valence-electron chi connectivity index (χ0n) is 21.4. The molecule has 1 aromatic heterocycles. The molecule has 4 rings (SSSR count). The summed E-state index contributed by atoms with van der Waals surface area (Å²) in [6.07, 6.45) is 5.77. The van der Waals surface area contributed by atoms with Gasteiger partial charge in [-0.2, -0.15) is 5.10 Å². The van der Waals surface area contributed by atoms with Crippen LogP contribution < -0.4 is 20.1 Å². The predicted molar refractivity (Wildman–Crippen MR) is 134 cm³/mol. The number of ether oxygens (including phenoxy) is 2. The van der Waals surface area contributed by atoms with E-state index in [-0.39, 0.29) is 30.1 Å². The van der Waals surface area contributed by atoms with Crippen molar-refractivity contribution >= 4 is 23.4 Å². The molecule has 2 aliphatic rings. The van der Waals surface area contributed by atoms with Crippen molar-refractivity contribution in [3.05, 3.63) is 35.7 Å². The molecule has 10 heteroatoms. The molecule has 1 saturated carbocycles. The first-order valence-corrected chi connectivity index (χ1v) is 12.5. The van der Waals surface area contributed by atoms with Gasteiger partial charge in [-0.25, -0.2) is 0 Å². The SMILES string of the molecule is CCCCN1C(=O)c2cc(C(=O)Nc3ccc(OC)cc3OC)nn2CC1(C)C(=O)NC1CCCC1. The van der Waals surface area contributed by atoms with Crippen molar-refractivity contribution < 1.29 is 23.9 Å². The summed E-state index contributed by atoms with van der Waals surface area (Å²) in [5.41, 5.74) is -0.261. The highest BCUT2D eigenvalue weighted by atomic mass is 16.5. The van der Waals surface area contributed by atoms with Crippen LogP contribution in [-0.4, -0.2) is 64.7 Å². The van der Waals surface area contributed by atoms with Crippen LogP contribution in [0.3, 0.4) is 0 Å². The molecule has 1 aliphatic carbocycles. The number of amides is 3. The van der Waals surface area contributed by atoms with Gasteiger partial charge in [-0.1, -0.05) is 26.2 Å². The minimum absolute atomic E-state index is 0.0899. The number of aromatic nitrogens is 2. The number of hydrogen-bond donors (Lipinski definition) is 2. The maximum Gasteiger partial charge on any atom is 0.276 e. The Morgan fingerprint density at radius 1 is 1.17 bits per heavy atom. The number of fused-ring (bicyclic) bond motifs is 1. The third-order valence-corrected chi connectivity index (χ3v) is 7.10. The van der Waals surface area contributed by atoms with Gasteiger partial charge < -0.3 is 25.0 Å². The molecule has 0 bridgehead atoms. The average Bonchev–Trinajstić information content (AvgIpc) is 3.54. The molecule has 2 aromatic rings. The van der Waals surface area contributed by atoms with Crippen LogP contribution in [0.5, 0.6) is 11.5 Å². The molecule has 0 saturated heterocycles. The minimum atomic E-state index is -1.10. The van der Waals surface area contributed by atoms with Gasteiger partial charge in [0.1, 0.15) is 22.7 Å². The van der Waals surface area contributed by atoms with E-state index in [0.29, 0.717) is 29.4 Å². The number of nitrogens with zero attached hydrogens (tertiary/aromatic N) is 3. The van der Waals surface area contributed by atoms with Gasteiger partial charge in [0.25, 0.3) is 11.8 Å². The zero-order valence-corrected chi connectivity index (χ0v) is 21.4. The van der Waals surface area contributed by atoms with Crippen LogP contribution in [0.1, 0.15) is 73.3 Å². The smallest absolute Gasteiger partial charge is 0.276 e. The Hall–Kier alpha value is -3.56. The van der Waals surface area contributed by atoms with Crippen LogP contribution in [0.15, 0.2) is 24.3 Å². The molecule has 2 N–H and O–H groups in total. The maximum absolute atomic E-state index is 13.6. The number of carbonyl (C=O) groups excluding carboxylic acids is 3. The first kappa shape index (κ1) is 25.5. The van der Waals surface area contributed by atoms with E-state index in [2.05, 4.69) is 15.7 Å². The quantitative estimate of drug-likeness (QED) is 0.550. The van der Waals surface area contributed by atoms with E-state index in [1.807, 2.05) is 6.92 Å². The molecule has 1 aromatic carbocycles. The highest BCUT2D eigenvalue weighted by molar-refractivity contribution is 6.06. The van der Waals surface area contributed by atoms with Gasteiger partial charge in [0.2, 0.25) is 5.91 Å². The van der Waals surface area contributed by atoms with Gasteiger partial charge in [-0.15, -0.1) is 0 Å². The highest BCUT2D eigenvalue weighted by Crippen LogP contribution is 2.31. The molecule has 1 aliphatic heterocycles. The van der Waals surface area contributed by atoms with Gasteiger partial charge >= 0.3 is 0 Å². The Kier molecular flexibility index (Phi) is 7.51. The lowest BCUT2D eigenvalue weighted by Crippen LogP contribution is -2.65. The summed E-state index contributed by atoms with van der Waals surface area (Å²) in [7, 11) is 3.05. The summed E-state index contributed by atoms with van der Waals surface area (Å²) in [5, 5.41) is 10.4. The fourth-order valence-corrected chi connectivity index (χ4v) is 4.92. The molecule has 0 spiro atoms. The first-order chi connectivity index (χ1) is 17.3. The summed E-state index contributed by atoms with van der Waals surface area (Å²) in [6, 6.07) is 6.67. The van der Waals surface area contributed by atoms with Crippen molar-refractivity contribution in [1.82, 2.24) is 20.0 Å². The first-order valence-electron chi connectivity index (χ1n) is 12.5. The van der Waals surface area contributed by atoms with E-state index in [1.54, 1.807) is 37.1 Å². The summed E-state index contributed by atoms with van der Waals surface area (Å²) >= 11 is 0. The molecular formula is C26H35N5O5. The van der Waals surface area contributed by atoms with Crippen molar-refractivity contribution in [3.63, 3.8) is 0 Å². The fraction of sp³-hybridized carbons (Fsp3) is 0.538. The second kappa shape index (κ2) is 10.6. The largest absolute Gasteiger partial charge is 0.497 e. The summed E-state index contributed by atoms with van der Waals surface area (Å²) in [6.45, 7) is 4.47. The van der Waals surface area contributed by atoms with Crippen LogP contribution in [-0.2, 0) is 11.3 Å². The number of carbonyl (C=O) groups is 3. The monoisotopic (exact) mass is 497 g/mol. The molecule has 10 nitrogen and oxygen atoms in total. The molecule has 2 heterocycles. The van der Waals surface area contributed by atoms with Crippen LogP contribution >= 0.6 is 0 Å². The standard InChI is InChI=1S/C26H35N5O5/c1-5-6-13-30-24(33)21-15-20(23(32)28-19-12-11-18(35-3)14-22(19)36-4)29-31(21)16-26(30,2)25(34)27-17-9-7-8-10-17/h11-12,14-15,17H,5-10,13,16H2,1-4H3,(H,27,34)(H,28,32). The van der Waals surface area contributed by atoms with Crippen molar-refractivity contribution in [2.45, 2.75) is 70.5 Å². The van der Waals surface area contributed by atoms with E-state index in [0.717, 1.165) is 38.5 Å². The Morgan fingerprint density at radius 2 is 1.92 bits per heavy atom. The molecule has 194 valence electrons. The zero-order chi connectivity index (χ0) is 25.9. The van der Waals surface area contributed by atoms with Gasteiger partial charge in [-0.05, 0) is 38.3 Å². The lowest BCUT2D eigenvalue weighted by atomic mass is 9.94. The normalized spacial score (nSPS) is 19.7. The van der Waals surface area contributed by atoms with Crippen LogP contribution in [0.4, 0.5) is 5.69 Å². The number of benzene rings is 1. The molecule has 36 heavy (non-hydrogen) atoms. The second-order valence-corrected chi connectivity index (χ2v) is 9.63. The van der Waals surface area contributed by atoms with Gasteiger partial charge in [-0.3, -0.25) is 19.1 Å². The molecule has 0 radical (unpaired) electrons. The van der Waals surface area contributed by atoms with E-state index in [9.17, 15) is 14.4 Å². The fourth-order valence-electron chi connectivity index (χ4n) is 4.92. The van der Waals surface area contributed by atoms with Gasteiger partial charge in [0, 0.05) is 24.7 Å². The number of methoxy groups -OCH3 is 2. The lowest BCUT2D eigenvalue weighted by molar-refractivity contribution is -0.133. The van der Waals surface area contributed by atoms with Crippen molar-refractivity contribution in [3.8, 4) is 11.5 Å². The van der Waals surface area contributed by atoms with Gasteiger partial charge in [0.15, 0.2) is 5.69 Å². The van der Waals surface area contributed by atoms with E-state index < -0.39 is 11.4 Å². The molecule has 3 amide bonds. The summed E-state index contributed by atoms with van der Waals surface area (Å²) in [4.78, 5) is 41.7. The Morgan fingerprint density at radius 3 is 2.58 bits per heavy atom. The molecule has 1 atom stereocenters.